The van der Waals surface area contributed by atoms with Gasteiger partial charge in [-0.15, -0.1) is 10.2 Å². The molecular weight excluding hydrogens is 568 g/mol. The first kappa shape index (κ1) is 29.8. The summed E-state index contributed by atoms with van der Waals surface area (Å²) in [6, 6.07) is 9.38. The zero-order valence-electron chi connectivity index (χ0n) is 26.6. The largest absolute Gasteiger partial charge is 0.506 e. The van der Waals surface area contributed by atoms with E-state index in [0.29, 0.717) is 17.7 Å². The lowest BCUT2D eigenvalue weighted by atomic mass is 9.49. The number of ether oxygens (including phenoxy) is 2. The average molecular weight is 613 g/mol. The number of aromatic hydroxyl groups is 1. The molecule has 5 aliphatic rings. The summed E-state index contributed by atoms with van der Waals surface area (Å²) in [4.78, 5) is 24.0. The van der Waals surface area contributed by atoms with Crippen molar-refractivity contribution >= 4 is 11.7 Å². The highest BCUT2D eigenvalue weighted by atomic mass is 16.5. The van der Waals surface area contributed by atoms with Crippen LogP contribution in [0.2, 0.25) is 0 Å². The fourth-order valence-electron chi connectivity index (χ4n) is 9.11. The van der Waals surface area contributed by atoms with E-state index in [1.54, 1.807) is 26.5 Å². The normalized spacial score (nSPS) is 25.8. The molecule has 10 nitrogen and oxygen atoms in total. The number of carbonyl (C=O) groups is 1. The fraction of sp³-hybridized carbons (Fsp3) is 0.543. The predicted octanol–water partition coefficient (Wildman–Crippen LogP) is 4.87. The maximum absolute atomic E-state index is 13.4. The Bertz CT molecular complexity index is 1480. The molecule has 10 heteroatoms. The van der Waals surface area contributed by atoms with E-state index in [4.69, 9.17) is 9.47 Å². The van der Waals surface area contributed by atoms with Crippen LogP contribution in [0.1, 0.15) is 54.6 Å². The van der Waals surface area contributed by atoms with Gasteiger partial charge in [0.15, 0.2) is 11.5 Å². The van der Waals surface area contributed by atoms with Crippen LogP contribution in [-0.4, -0.2) is 90.0 Å². The molecular formula is C35H44N6O4. The lowest BCUT2D eigenvalue weighted by Crippen LogP contribution is -2.51. The molecule has 0 radical (unpaired) electrons. The van der Waals surface area contributed by atoms with E-state index >= 15 is 0 Å². The van der Waals surface area contributed by atoms with E-state index < -0.39 is 0 Å². The van der Waals surface area contributed by atoms with Crippen LogP contribution in [0.5, 0.6) is 17.2 Å². The van der Waals surface area contributed by atoms with Crippen molar-refractivity contribution in [2.75, 3.05) is 58.9 Å². The van der Waals surface area contributed by atoms with Crippen LogP contribution in [0.25, 0.3) is 11.1 Å². The van der Waals surface area contributed by atoms with Gasteiger partial charge in [-0.3, -0.25) is 14.7 Å². The van der Waals surface area contributed by atoms with Crippen LogP contribution >= 0.6 is 0 Å². The first-order valence-electron chi connectivity index (χ1n) is 16.3. The highest BCUT2D eigenvalue weighted by molar-refractivity contribution is 5.92. The number of hydrogen-bond acceptors (Lipinski definition) is 9. The van der Waals surface area contributed by atoms with E-state index in [1.807, 2.05) is 36.2 Å². The third-order valence-corrected chi connectivity index (χ3v) is 10.7. The first-order chi connectivity index (χ1) is 21.8. The number of rotatable bonds is 9. The molecule has 0 spiro atoms. The smallest absolute Gasteiger partial charge is 0.274 e. The third kappa shape index (κ3) is 6.04. The second-order valence-electron chi connectivity index (χ2n) is 13.9. The molecule has 0 atom stereocenters. The lowest BCUT2D eigenvalue weighted by Gasteiger charge is -2.57. The standard InChI is InChI=1S/C35H44N6O4/c1-39(22-35-16-23-10-24(17-35)12-25(11-23)18-35)34(43)30-4-5-33(38-37-30)41-8-6-40(7-9-41)21-29-31(44-2)14-26(15-32(29)45-3)27-13-28(42)20-36-19-27/h4-5,13-15,19-20,23-25,42H,6-12,16-18,21-22H2,1-3H3. The molecule has 3 aromatic rings. The van der Waals surface area contributed by atoms with Crippen LogP contribution in [0, 0.1) is 23.2 Å². The van der Waals surface area contributed by atoms with Crippen molar-refractivity contribution in [2.24, 2.45) is 23.2 Å². The summed E-state index contributed by atoms with van der Waals surface area (Å²) >= 11 is 0. The molecule has 4 saturated carbocycles. The summed E-state index contributed by atoms with van der Waals surface area (Å²) in [6.45, 7) is 4.78. The van der Waals surface area contributed by atoms with Crippen molar-refractivity contribution in [3.05, 3.63) is 54.0 Å². The van der Waals surface area contributed by atoms with Crippen LogP contribution in [0.4, 0.5) is 5.82 Å². The minimum Gasteiger partial charge on any atom is -0.506 e. The molecule has 1 aliphatic heterocycles. The molecule has 3 heterocycles. The van der Waals surface area contributed by atoms with E-state index in [1.165, 1.54) is 44.7 Å². The Kier molecular flexibility index (Phi) is 8.02. The van der Waals surface area contributed by atoms with Crippen LogP contribution < -0.4 is 14.4 Å². The third-order valence-electron chi connectivity index (χ3n) is 10.7. The lowest BCUT2D eigenvalue weighted by molar-refractivity contribution is -0.0629. The number of methoxy groups -OCH3 is 2. The van der Waals surface area contributed by atoms with Gasteiger partial charge in [0.2, 0.25) is 0 Å². The molecule has 238 valence electrons. The summed E-state index contributed by atoms with van der Waals surface area (Å²) < 4.78 is 11.6. The SMILES string of the molecule is COc1cc(-c2cncc(O)c2)cc(OC)c1CN1CCN(c2ccc(C(=O)N(C)CC34CC5CC(CC(C5)C3)C4)nn2)CC1. The van der Waals surface area contributed by atoms with Gasteiger partial charge >= 0.3 is 0 Å². The zero-order chi connectivity index (χ0) is 31.1. The number of carbonyl (C=O) groups excluding carboxylic acids is 1. The zero-order valence-corrected chi connectivity index (χ0v) is 26.6. The molecule has 1 aromatic carbocycles. The Labute approximate surface area is 265 Å². The maximum atomic E-state index is 13.4. The molecule has 4 aliphatic carbocycles. The number of piperazine rings is 1. The number of anilines is 1. The van der Waals surface area contributed by atoms with Crippen molar-refractivity contribution in [1.29, 1.82) is 0 Å². The van der Waals surface area contributed by atoms with Gasteiger partial charge in [0.1, 0.15) is 17.2 Å². The molecule has 1 saturated heterocycles. The highest BCUT2D eigenvalue weighted by Crippen LogP contribution is 2.60. The number of aromatic nitrogens is 3. The Morgan fingerprint density at radius 2 is 1.56 bits per heavy atom. The molecule has 1 amide bonds. The van der Waals surface area contributed by atoms with Crippen molar-refractivity contribution < 1.29 is 19.4 Å². The molecule has 2 aromatic heterocycles. The van der Waals surface area contributed by atoms with Gasteiger partial charge in [0.25, 0.3) is 5.91 Å². The number of pyridine rings is 1. The summed E-state index contributed by atoms with van der Waals surface area (Å²) in [6.07, 6.45) is 11.2. The molecule has 0 unspecified atom stereocenters. The predicted molar refractivity (Wildman–Crippen MR) is 172 cm³/mol. The van der Waals surface area contributed by atoms with Gasteiger partial charge in [-0.2, -0.15) is 0 Å². The van der Waals surface area contributed by atoms with Crippen LogP contribution in [-0.2, 0) is 6.54 Å². The second-order valence-corrected chi connectivity index (χ2v) is 13.9. The van der Waals surface area contributed by atoms with Gasteiger partial charge in [0.05, 0.1) is 26.0 Å². The summed E-state index contributed by atoms with van der Waals surface area (Å²) in [5.74, 6) is 4.97. The first-order valence-corrected chi connectivity index (χ1v) is 16.3. The van der Waals surface area contributed by atoms with Crippen molar-refractivity contribution in [3.63, 3.8) is 0 Å². The Balaban J connectivity index is 0.960. The van der Waals surface area contributed by atoms with Gasteiger partial charge in [-0.25, -0.2) is 0 Å². The van der Waals surface area contributed by atoms with Crippen molar-refractivity contribution in [3.8, 4) is 28.4 Å². The van der Waals surface area contributed by atoms with Gasteiger partial charge in [0, 0.05) is 58.1 Å². The molecule has 8 rings (SSSR count). The Hall–Kier alpha value is -3.92. The Morgan fingerprint density at radius 3 is 2.11 bits per heavy atom. The quantitative estimate of drug-likeness (QED) is 0.362. The molecule has 45 heavy (non-hydrogen) atoms. The van der Waals surface area contributed by atoms with Gasteiger partial charge in [-0.05, 0) is 97.6 Å². The minimum absolute atomic E-state index is 0.0242. The van der Waals surface area contributed by atoms with Crippen LogP contribution in [0.3, 0.4) is 0 Å². The topological polar surface area (TPSA) is 104 Å². The number of amides is 1. The van der Waals surface area contributed by atoms with E-state index in [9.17, 15) is 9.90 Å². The Morgan fingerprint density at radius 1 is 0.911 bits per heavy atom. The van der Waals surface area contributed by atoms with Gasteiger partial charge < -0.3 is 24.4 Å². The van der Waals surface area contributed by atoms with E-state index in [2.05, 4.69) is 25.0 Å². The van der Waals surface area contributed by atoms with Gasteiger partial charge in [-0.1, -0.05) is 0 Å². The van der Waals surface area contributed by atoms with E-state index in [0.717, 1.165) is 84.5 Å². The summed E-state index contributed by atoms with van der Waals surface area (Å²) in [5, 5.41) is 18.8. The van der Waals surface area contributed by atoms with Crippen molar-refractivity contribution in [2.45, 2.75) is 45.1 Å². The fourth-order valence-corrected chi connectivity index (χ4v) is 9.11. The monoisotopic (exact) mass is 612 g/mol. The molecule has 1 N–H and O–H groups in total. The maximum Gasteiger partial charge on any atom is 0.274 e. The number of hydrogen-bond donors (Lipinski definition) is 1. The van der Waals surface area contributed by atoms with Crippen molar-refractivity contribution in [1.82, 2.24) is 25.0 Å². The summed E-state index contributed by atoms with van der Waals surface area (Å²) in [5.41, 5.74) is 3.36. The second kappa shape index (κ2) is 12.1. The van der Waals surface area contributed by atoms with E-state index in [-0.39, 0.29) is 11.7 Å². The number of nitrogens with zero attached hydrogens (tertiary/aromatic N) is 6. The minimum atomic E-state index is -0.0242. The number of benzene rings is 1. The summed E-state index contributed by atoms with van der Waals surface area (Å²) in [7, 11) is 5.26. The van der Waals surface area contributed by atoms with Crippen LogP contribution in [0.15, 0.2) is 42.7 Å². The highest BCUT2D eigenvalue weighted by Gasteiger charge is 2.51. The average Bonchev–Trinajstić information content (AvgIpc) is 3.04. The molecule has 4 bridgehead atoms. The molecule has 5 fully saturated rings.